The van der Waals surface area contributed by atoms with Crippen LogP contribution in [0.25, 0.3) is 0 Å². The minimum Gasteiger partial charge on any atom is -0.378 e. The van der Waals surface area contributed by atoms with E-state index in [4.69, 9.17) is 4.74 Å². The fourth-order valence-corrected chi connectivity index (χ4v) is 4.70. The predicted octanol–water partition coefficient (Wildman–Crippen LogP) is 4.44. The van der Waals surface area contributed by atoms with Gasteiger partial charge in [0.25, 0.3) is 0 Å². The van der Waals surface area contributed by atoms with E-state index in [1.54, 1.807) is 0 Å². The zero-order valence-corrected chi connectivity index (χ0v) is 16.9. The van der Waals surface area contributed by atoms with Gasteiger partial charge in [-0.1, -0.05) is 15.9 Å². The Kier molecular flexibility index (Phi) is 7.52. The first-order chi connectivity index (χ1) is 12.2. The number of hydrogen-bond acceptors (Lipinski definition) is 3. The van der Waals surface area contributed by atoms with Crippen LogP contribution in [0.4, 0.5) is 13.2 Å². The lowest BCUT2D eigenvalue weighted by Gasteiger charge is -2.34. The second kappa shape index (κ2) is 9.03. The van der Waals surface area contributed by atoms with Gasteiger partial charge in [-0.2, -0.15) is 17.5 Å². The molecule has 9 heteroatoms. The van der Waals surface area contributed by atoms with Crippen molar-refractivity contribution in [1.29, 1.82) is 0 Å². The van der Waals surface area contributed by atoms with Crippen LogP contribution >= 0.6 is 15.9 Å². The lowest BCUT2D eigenvalue weighted by Crippen LogP contribution is -2.40. The first kappa shape index (κ1) is 21.7. The molecule has 0 amide bonds. The van der Waals surface area contributed by atoms with Gasteiger partial charge in [0.05, 0.1) is 16.6 Å². The van der Waals surface area contributed by atoms with Crippen molar-refractivity contribution in [2.24, 2.45) is 0 Å². The Hall–Kier alpha value is -0.640. The summed E-state index contributed by atoms with van der Waals surface area (Å²) in [5.74, 6) is 0. The molecule has 0 aliphatic heterocycles. The topological polar surface area (TPSA) is 46.6 Å². The third kappa shape index (κ3) is 5.43. The van der Waals surface area contributed by atoms with E-state index in [-0.39, 0.29) is 17.0 Å². The standard InChI is InChI=1S/C17H23BrF3NO3S/c1-22(14-5-7-15(8-6-14)25-12-2-11-18)26(23,24)16-9-3-13(4-10-16)17(19,20)21/h3-4,9-10,14-15H,2,5-8,11-12H2,1H3. The Labute approximate surface area is 160 Å². The number of hydrogen-bond donors (Lipinski definition) is 0. The normalized spacial score (nSPS) is 21.9. The molecule has 148 valence electrons. The lowest BCUT2D eigenvalue weighted by atomic mass is 9.93. The van der Waals surface area contributed by atoms with Gasteiger partial charge in [0, 0.05) is 25.0 Å². The van der Waals surface area contributed by atoms with E-state index < -0.39 is 21.8 Å². The van der Waals surface area contributed by atoms with Gasteiger partial charge in [-0.25, -0.2) is 8.42 Å². The Morgan fingerprint density at radius 3 is 2.23 bits per heavy atom. The first-order valence-corrected chi connectivity index (χ1v) is 11.0. The minimum absolute atomic E-state index is 0.122. The van der Waals surface area contributed by atoms with Gasteiger partial charge in [-0.05, 0) is 56.4 Å². The number of sulfonamides is 1. The van der Waals surface area contributed by atoms with Crippen LogP contribution in [0.3, 0.4) is 0 Å². The summed E-state index contributed by atoms with van der Waals surface area (Å²) in [6, 6.07) is 3.47. The molecule has 0 atom stereocenters. The van der Waals surface area contributed by atoms with E-state index in [0.717, 1.165) is 48.9 Å². The van der Waals surface area contributed by atoms with Gasteiger partial charge in [-0.15, -0.1) is 0 Å². The van der Waals surface area contributed by atoms with E-state index in [9.17, 15) is 21.6 Å². The summed E-state index contributed by atoms with van der Waals surface area (Å²) in [5, 5.41) is 0.885. The van der Waals surface area contributed by atoms with Crippen LogP contribution in [0.15, 0.2) is 29.2 Å². The summed E-state index contributed by atoms with van der Waals surface area (Å²) in [7, 11) is -2.33. The SMILES string of the molecule is CN(C1CCC(OCCCBr)CC1)S(=O)(=O)c1ccc(C(F)(F)F)cc1. The van der Waals surface area contributed by atoms with Crippen molar-refractivity contribution >= 4 is 26.0 Å². The van der Waals surface area contributed by atoms with Crippen molar-refractivity contribution in [3.63, 3.8) is 0 Å². The highest BCUT2D eigenvalue weighted by molar-refractivity contribution is 9.09. The Morgan fingerprint density at radius 1 is 1.15 bits per heavy atom. The van der Waals surface area contributed by atoms with Crippen LogP contribution in [0.5, 0.6) is 0 Å². The third-order valence-corrected chi connectivity index (χ3v) is 7.13. The molecule has 1 aliphatic carbocycles. The second-order valence-corrected chi connectivity index (χ2v) is 9.18. The molecule has 0 radical (unpaired) electrons. The highest BCUT2D eigenvalue weighted by atomic mass is 79.9. The maximum Gasteiger partial charge on any atom is 0.416 e. The highest BCUT2D eigenvalue weighted by Crippen LogP contribution is 2.31. The molecule has 1 saturated carbocycles. The Morgan fingerprint density at radius 2 is 1.73 bits per heavy atom. The highest BCUT2D eigenvalue weighted by Gasteiger charge is 2.33. The number of benzene rings is 1. The molecule has 0 N–H and O–H groups in total. The van der Waals surface area contributed by atoms with Gasteiger partial charge in [-0.3, -0.25) is 0 Å². The van der Waals surface area contributed by atoms with Gasteiger partial charge < -0.3 is 4.74 Å². The van der Waals surface area contributed by atoms with Gasteiger partial charge >= 0.3 is 6.18 Å². The summed E-state index contributed by atoms with van der Waals surface area (Å²) >= 11 is 3.35. The van der Waals surface area contributed by atoms with Crippen molar-refractivity contribution in [1.82, 2.24) is 4.31 Å². The van der Waals surface area contributed by atoms with Crippen molar-refractivity contribution in [2.75, 3.05) is 19.0 Å². The Bertz CT molecular complexity index is 671. The van der Waals surface area contributed by atoms with Gasteiger partial charge in [0.2, 0.25) is 10.0 Å². The molecule has 0 spiro atoms. The zero-order chi connectivity index (χ0) is 19.4. The molecule has 0 saturated heterocycles. The molecule has 1 aliphatic rings. The lowest BCUT2D eigenvalue weighted by molar-refractivity contribution is -0.137. The minimum atomic E-state index is -4.48. The van der Waals surface area contributed by atoms with E-state index in [1.807, 2.05) is 0 Å². The van der Waals surface area contributed by atoms with Crippen molar-refractivity contribution in [3.05, 3.63) is 29.8 Å². The number of nitrogens with zero attached hydrogens (tertiary/aromatic N) is 1. The third-order valence-electron chi connectivity index (χ3n) is 4.65. The average molecular weight is 458 g/mol. The van der Waals surface area contributed by atoms with Crippen molar-refractivity contribution in [2.45, 2.75) is 55.3 Å². The van der Waals surface area contributed by atoms with E-state index >= 15 is 0 Å². The average Bonchev–Trinajstić information content (AvgIpc) is 2.61. The quantitative estimate of drug-likeness (QED) is 0.449. The van der Waals surface area contributed by atoms with Crippen LogP contribution in [-0.4, -0.2) is 43.9 Å². The summed E-state index contributed by atoms with van der Waals surface area (Å²) in [6.45, 7) is 0.681. The molecule has 4 nitrogen and oxygen atoms in total. The molecule has 0 aromatic heterocycles. The van der Waals surface area contributed by atoms with Crippen LogP contribution in [0.1, 0.15) is 37.7 Å². The number of alkyl halides is 4. The molecule has 2 rings (SSSR count). The van der Waals surface area contributed by atoms with Crippen molar-refractivity contribution in [3.8, 4) is 0 Å². The van der Waals surface area contributed by atoms with Crippen LogP contribution in [0.2, 0.25) is 0 Å². The fraction of sp³-hybridized carbons (Fsp3) is 0.647. The van der Waals surface area contributed by atoms with Crippen LogP contribution < -0.4 is 0 Å². The molecule has 0 heterocycles. The molecular weight excluding hydrogens is 435 g/mol. The molecule has 0 bridgehead atoms. The van der Waals surface area contributed by atoms with Gasteiger partial charge in [0.1, 0.15) is 0 Å². The number of rotatable bonds is 7. The molecular formula is C17H23BrF3NO3S. The summed E-state index contributed by atoms with van der Waals surface area (Å²) in [4.78, 5) is -0.122. The summed E-state index contributed by atoms with van der Waals surface area (Å²) < 4.78 is 70.3. The molecule has 0 unspecified atom stereocenters. The maximum absolute atomic E-state index is 12.7. The summed E-state index contributed by atoms with van der Waals surface area (Å²) in [6.07, 6.45) is -0.499. The number of ether oxygens (including phenoxy) is 1. The van der Waals surface area contributed by atoms with E-state index in [1.165, 1.54) is 11.4 Å². The number of halogens is 4. The van der Waals surface area contributed by atoms with Crippen LogP contribution in [-0.2, 0) is 20.9 Å². The Balaban J connectivity index is 1.99. The fourth-order valence-electron chi connectivity index (χ4n) is 3.06. The second-order valence-electron chi connectivity index (χ2n) is 6.39. The first-order valence-electron chi connectivity index (χ1n) is 8.49. The molecule has 1 fully saturated rings. The van der Waals surface area contributed by atoms with Crippen molar-refractivity contribution < 1.29 is 26.3 Å². The largest absolute Gasteiger partial charge is 0.416 e. The molecule has 1 aromatic rings. The van der Waals surface area contributed by atoms with Crippen LogP contribution in [0, 0.1) is 0 Å². The zero-order valence-electron chi connectivity index (χ0n) is 14.5. The maximum atomic E-state index is 12.7. The van der Waals surface area contributed by atoms with E-state index in [0.29, 0.717) is 19.4 Å². The van der Waals surface area contributed by atoms with Gasteiger partial charge in [0.15, 0.2) is 0 Å². The predicted molar refractivity (Wildman–Crippen MR) is 96.8 cm³/mol. The monoisotopic (exact) mass is 457 g/mol. The molecule has 1 aromatic carbocycles. The molecule has 26 heavy (non-hydrogen) atoms. The van der Waals surface area contributed by atoms with E-state index in [2.05, 4.69) is 15.9 Å². The smallest absolute Gasteiger partial charge is 0.378 e. The summed E-state index contributed by atoms with van der Waals surface area (Å²) in [5.41, 5.74) is -0.861.